The molecule has 0 aliphatic heterocycles. The first-order valence-electron chi connectivity index (χ1n) is 14.8. The first-order chi connectivity index (χ1) is 21.9. The number of halogens is 3. The van der Waals surface area contributed by atoms with Crippen molar-refractivity contribution in [1.82, 2.24) is 10.2 Å². The van der Waals surface area contributed by atoms with Crippen LogP contribution in [0.25, 0.3) is 0 Å². The van der Waals surface area contributed by atoms with Gasteiger partial charge in [0.25, 0.3) is 10.0 Å². The molecule has 2 unspecified atom stereocenters. The van der Waals surface area contributed by atoms with Gasteiger partial charge < -0.3 is 10.2 Å². The van der Waals surface area contributed by atoms with Crippen LogP contribution in [0.15, 0.2) is 102 Å². The number of sulfonamides is 1. The van der Waals surface area contributed by atoms with E-state index in [4.69, 9.17) is 34.8 Å². The van der Waals surface area contributed by atoms with Gasteiger partial charge in [-0.25, -0.2) is 8.42 Å². The summed E-state index contributed by atoms with van der Waals surface area (Å²) in [4.78, 5) is 29.9. The van der Waals surface area contributed by atoms with Gasteiger partial charge in [0.1, 0.15) is 12.6 Å². The molecule has 2 amide bonds. The van der Waals surface area contributed by atoms with Crippen LogP contribution in [-0.4, -0.2) is 43.8 Å². The van der Waals surface area contributed by atoms with Crippen molar-refractivity contribution in [3.63, 3.8) is 0 Å². The van der Waals surface area contributed by atoms with E-state index in [0.717, 1.165) is 15.4 Å². The maximum absolute atomic E-state index is 14.6. The van der Waals surface area contributed by atoms with Crippen molar-refractivity contribution in [3.05, 3.63) is 129 Å². The lowest BCUT2D eigenvalue weighted by Crippen LogP contribution is -2.54. The summed E-state index contributed by atoms with van der Waals surface area (Å²) in [6.45, 7) is 4.87. The predicted molar refractivity (Wildman–Crippen MR) is 186 cm³/mol. The second kappa shape index (κ2) is 15.8. The molecule has 4 aromatic rings. The van der Waals surface area contributed by atoms with Crippen molar-refractivity contribution in [2.75, 3.05) is 10.8 Å². The number of carbonyl (C=O) groups excluding carboxylic acids is 2. The van der Waals surface area contributed by atoms with Crippen LogP contribution in [0.1, 0.15) is 37.0 Å². The molecular formula is C35H36Cl3N3O4S. The third-order valence-corrected chi connectivity index (χ3v) is 10.5. The molecule has 11 heteroatoms. The highest BCUT2D eigenvalue weighted by molar-refractivity contribution is 7.92. The van der Waals surface area contributed by atoms with E-state index in [-0.39, 0.29) is 40.5 Å². The summed E-state index contributed by atoms with van der Waals surface area (Å²) < 4.78 is 29.3. The van der Waals surface area contributed by atoms with Crippen LogP contribution in [-0.2, 0) is 32.6 Å². The fraction of sp³-hybridized carbons (Fsp3) is 0.257. The first kappa shape index (κ1) is 35.3. The molecule has 0 bridgehead atoms. The van der Waals surface area contributed by atoms with E-state index in [1.54, 1.807) is 48.5 Å². The Hall–Kier alpha value is -3.56. The maximum Gasteiger partial charge on any atom is 0.264 e. The summed E-state index contributed by atoms with van der Waals surface area (Å²) in [5.74, 6) is -1.03. The molecule has 0 aliphatic rings. The zero-order valence-corrected chi connectivity index (χ0v) is 28.9. The van der Waals surface area contributed by atoms with Crippen LogP contribution < -0.4 is 9.62 Å². The van der Waals surface area contributed by atoms with Gasteiger partial charge in [0.15, 0.2) is 0 Å². The monoisotopic (exact) mass is 699 g/mol. The number of nitrogens with zero attached hydrogens (tertiary/aromatic N) is 2. The zero-order valence-electron chi connectivity index (χ0n) is 25.8. The molecule has 0 aliphatic carbocycles. The lowest BCUT2D eigenvalue weighted by atomic mass is 10.0. The Morgan fingerprint density at radius 3 is 2.00 bits per heavy atom. The summed E-state index contributed by atoms with van der Waals surface area (Å²) in [6.07, 6.45) is 0.830. The van der Waals surface area contributed by atoms with Crippen molar-refractivity contribution in [2.45, 2.75) is 57.1 Å². The zero-order chi connectivity index (χ0) is 33.4. The largest absolute Gasteiger partial charge is 0.352 e. The number of amides is 2. The highest BCUT2D eigenvalue weighted by atomic mass is 35.5. The van der Waals surface area contributed by atoms with Gasteiger partial charge in [-0.1, -0.05) is 108 Å². The smallest absolute Gasteiger partial charge is 0.264 e. The number of hydrogen-bond acceptors (Lipinski definition) is 4. The standard InChI is InChI=1S/C35H36Cl3N3O4S/c1-4-25(3)39-35(43)33(21-26-11-6-5-7-12-26)40(22-28-29(36)14-10-15-30(28)37)34(42)23-41(32-16-9-8-13-31(32)38)46(44,45)27-19-17-24(2)18-20-27/h5-20,25,33H,4,21-23H2,1-3H3,(H,39,43). The van der Waals surface area contributed by atoms with Crippen molar-refractivity contribution >= 4 is 62.3 Å². The van der Waals surface area contributed by atoms with Crippen molar-refractivity contribution in [3.8, 4) is 0 Å². The van der Waals surface area contributed by atoms with Gasteiger partial charge in [-0.15, -0.1) is 0 Å². The van der Waals surface area contributed by atoms with E-state index in [0.29, 0.717) is 22.0 Å². The lowest BCUT2D eigenvalue weighted by molar-refractivity contribution is -0.140. The maximum atomic E-state index is 14.6. The number of rotatable bonds is 13. The second-order valence-electron chi connectivity index (χ2n) is 11.0. The normalized spacial score (nSPS) is 12.7. The minimum absolute atomic E-state index is 0.0122. The molecule has 0 saturated heterocycles. The number of hydrogen-bond donors (Lipinski definition) is 1. The van der Waals surface area contributed by atoms with Gasteiger partial charge in [-0.05, 0) is 62.2 Å². The molecule has 0 aromatic heterocycles. The molecule has 4 aromatic carbocycles. The fourth-order valence-electron chi connectivity index (χ4n) is 4.85. The van der Waals surface area contributed by atoms with Gasteiger partial charge in [0.2, 0.25) is 11.8 Å². The molecule has 46 heavy (non-hydrogen) atoms. The summed E-state index contributed by atoms with van der Waals surface area (Å²) in [7, 11) is -4.29. The molecule has 0 fully saturated rings. The van der Waals surface area contributed by atoms with Gasteiger partial charge in [0, 0.05) is 34.6 Å². The highest BCUT2D eigenvalue weighted by Crippen LogP contribution is 2.32. The van der Waals surface area contributed by atoms with E-state index < -0.39 is 28.5 Å². The minimum atomic E-state index is -4.29. The van der Waals surface area contributed by atoms with Crippen LogP contribution in [0.2, 0.25) is 15.1 Å². The lowest BCUT2D eigenvalue weighted by Gasteiger charge is -2.34. The Morgan fingerprint density at radius 2 is 1.39 bits per heavy atom. The van der Waals surface area contributed by atoms with Gasteiger partial charge in [-0.3, -0.25) is 13.9 Å². The van der Waals surface area contributed by atoms with Crippen LogP contribution in [0.5, 0.6) is 0 Å². The van der Waals surface area contributed by atoms with E-state index in [9.17, 15) is 18.0 Å². The van der Waals surface area contributed by atoms with Crippen LogP contribution in [0, 0.1) is 6.92 Å². The molecule has 0 radical (unpaired) electrons. The van der Waals surface area contributed by atoms with Crippen molar-refractivity contribution in [2.24, 2.45) is 0 Å². The van der Waals surface area contributed by atoms with Crippen LogP contribution in [0.4, 0.5) is 5.69 Å². The third-order valence-electron chi connectivity index (χ3n) is 7.67. The summed E-state index contributed by atoms with van der Waals surface area (Å²) >= 11 is 19.7. The number of carbonyl (C=O) groups is 2. The molecule has 242 valence electrons. The average molecular weight is 701 g/mol. The number of anilines is 1. The predicted octanol–water partition coefficient (Wildman–Crippen LogP) is 7.71. The molecule has 4 rings (SSSR count). The summed E-state index contributed by atoms with van der Waals surface area (Å²) in [5.41, 5.74) is 2.24. The Kier molecular flexibility index (Phi) is 12.1. The number of benzene rings is 4. The number of aryl methyl sites for hydroxylation is 1. The van der Waals surface area contributed by atoms with Crippen LogP contribution >= 0.6 is 34.8 Å². The Bertz CT molecular complexity index is 1750. The van der Waals surface area contributed by atoms with Crippen molar-refractivity contribution < 1.29 is 18.0 Å². The molecule has 7 nitrogen and oxygen atoms in total. The molecule has 2 atom stereocenters. The topological polar surface area (TPSA) is 86.8 Å². The molecular weight excluding hydrogens is 665 g/mol. The SMILES string of the molecule is CCC(C)NC(=O)C(Cc1ccccc1)N(Cc1c(Cl)cccc1Cl)C(=O)CN(c1ccccc1Cl)S(=O)(=O)c1ccc(C)cc1. The summed E-state index contributed by atoms with van der Waals surface area (Å²) in [6, 6.07) is 25.8. The van der Waals surface area contributed by atoms with Gasteiger partial charge >= 0.3 is 0 Å². The van der Waals surface area contributed by atoms with E-state index in [1.165, 1.54) is 23.1 Å². The Balaban J connectivity index is 1.85. The number of nitrogens with one attached hydrogen (secondary N) is 1. The highest BCUT2D eigenvalue weighted by Gasteiger charge is 2.36. The Labute approximate surface area is 286 Å². The first-order valence-corrected chi connectivity index (χ1v) is 17.4. The second-order valence-corrected chi connectivity index (χ2v) is 14.1. The van der Waals surface area contributed by atoms with Crippen molar-refractivity contribution in [1.29, 1.82) is 0 Å². The van der Waals surface area contributed by atoms with Gasteiger partial charge in [0.05, 0.1) is 15.6 Å². The van der Waals surface area contributed by atoms with Crippen LogP contribution in [0.3, 0.4) is 0 Å². The van der Waals surface area contributed by atoms with E-state index in [1.807, 2.05) is 51.1 Å². The molecule has 0 spiro atoms. The van der Waals surface area contributed by atoms with Gasteiger partial charge in [-0.2, -0.15) is 0 Å². The minimum Gasteiger partial charge on any atom is -0.352 e. The molecule has 0 heterocycles. The average Bonchev–Trinajstić information content (AvgIpc) is 3.03. The fourth-order valence-corrected chi connectivity index (χ4v) is 7.09. The third kappa shape index (κ3) is 8.62. The molecule has 0 saturated carbocycles. The van der Waals surface area contributed by atoms with E-state index in [2.05, 4.69) is 5.32 Å². The number of para-hydroxylation sites is 1. The summed E-state index contributed by atoms with van der Waals surface area (Å²) in [5, 5.41) is 3.76. The Morgan fingerprint density at radius 1 is 0.804 bits per heavy atom. The van der Waals surface area contributed by atoms with E-state index >= 15 is 0 Å². The molecule has 1 N–H and O–H groups in total. The quantitative estimate of drug-likeness (QED) is 0.155.